The fourth-order valence-electron chi connectivity index (χ4n) is 2.56. The molecule has 20 heavy (non-hydrogen) atoms. The fraction of sp³-hybridized carbons (Fsp3) is 0.294. The van der Waals surface area contributed by atoms with Gasteiger partial charge in [-0.25, -0.2) is 4.39 Å². The number of rotatable bonds is 1. The van der Waals surface area contributed by atoms with Crippen LogP contribution >= 0.6 is 0 Å². The van der Waals surface area contributed by atoms with Crippen LogP contribution in [0.5, 0.6) is 0 Å². The molecule has 0 radical (unpaired) electrons. The maximum atomic E-state index is 14.4. The Morgan fingerprint density at radius 1 is 0.950 bits per heavy atom. The Labute approximate surface area is 118 Å². The van der Waals surface area contributed by atoms with Gasteiger partial charge in [-0.3, -0.25) is 9.59 Å². The van der Waals surface area contributed by atoms with E-state index in [0.717, 1.165) is 0 Å². The van der Waals surface area contributed by atoms with Crippen molar-refractivity contribution in [2.45, 2.75) is 27.7 Å². The predicted molar refractivity (Wildman–Crippen MR) is 76.6 cm³/mol. The summed E-state index contributed by atoms with van der Waals surface area (Å²) >= 11 is 0. The molecule has 1 aliphatic rings. The van der Waals surface area contributed by atoms with E-state index in [9.17, 15) is 14.0 Å². The smallest absolute Gasteiger partial charge is 0.219 e. The molecule has 104 valence electrons. The second kappa shape index (κ2) is 4.82. The maximum Gasteiger partial charge on any atom is 0.219 e. The fourth-order valence-corrected chi connectivity index (χ4v) is 2.56. The van der Waals surface area contributed by atoms with Gasteiger partial charge < -0.3 is 0 Å². The molecule has 0 heterocycles. The number of carbonyl (C=O) groups excluding carboxylic acids is 2. The average molecular weight is 272 g/mol. The molecule has 1 aromatic rings. The molecular formula is C17H17FO2. The molecule has 2 rings (SSSR count). The van der Waals surface area contributed by atoms with Crippen LogP contribution in [-0.4, -0.2) is 11.6 Å². The first-order valence-corrected chi connectivity index (χ1v) is 6.51. The van der Waals surface area contributed by atoms with Gasteiger partial charge in [-0.1, -0.05) is 51.1 Å². The highest BCUT2D eigenvalue weighted by molar-refractivity contribution is 6.38. The van der Waals surface area contributed by atoms with Gasteiger partial charge in [-0.05, 0) is 17.9 Å². The average Bonchev–Trinajstić information content (AvgIpc) is 2.37. The third kappa shape index (κ3) is 2.24. The predicted octanol–water partition coefficient (Wildman–Crippen LogP) is 3.88. The van der Waals surface area contributed by atoms with Crippen molar-refractivity contribution in [2.24, 2.45) is 5.41 Å². The van der Waals surface area contributed by atoms with Crippen molar-refractivity contribution in [3.05, 3.63) is 52.9 Å². The molecule has 0 unspecified atom stereocenters. The summed E-state index contributed by atoms with van der Waals surface area (Å²) in [4.78, 5) is 24.7. The van der Waals surface area contributed by atoms with E-state index >= 15 is 0 Å². The van der Waals surface area contributed by atoms with Gasteiger partial charge >= 0.3 is 0 Å². The summed E-state index contributed by atoms with van der Waals surface area (Å²) in [6.45, 7) is 7.00. The van der Waals surface area contributed by atoms with Gasteiger partial charge in [0.05, 0.1) is 5.57 Å². The number of benzene rings is 1. The molecule has 0 aromatic heterocycles. The van der Waals surface area contributed by atoms with Crippen molar-refractivity contribution < 1.29 is 14.0 Å². The molecule has 0 aliphatic heterocycles. The van der Waals surface area contributed by atoms with Gasteiger partial charge in [0.25, 0.3) is 0 Å². The van der Waals surface area contributed by atoms with E-state index in [0.29, 0.717) is 11.1 Å². The van der Waals surface area contributed by atoms with Gasteiger partial charge in [0.2, 0.25) is 5.78 Å². The van der Waals surface area contributed by atoms with Gasteiger partial charge in [-0.15, -0.1) is 0 Å². The van der Waals surface area contributed by atoms with Crippen molar-refractivity contribution in [3.8, 4) is 0 Å². The number of hydrogen-bond donors (Lipinski definition) is 0. The van der Waals surface area contributed by atoms with Crippen molar-refractivity contribution in [1.82, 2.24) is 0 Å². The summed E-state index contributed by atoms with van der Waals surface area (Å²) in [5.41, 5.74) is 0.357. The van der Waals surface area contributed by atoms with Crippen LogP contribution < -0.4 is 0 Å². The normalized spacial score (nSPS) is 17.1. The summed E-state index contributed by atoms with van der Waals surface area (Å²) in [5, 5.41) is 0. The zero-order valence-electron chi connectivity index (χ0n) is 12.1. The van der Waals surface area contributed by atoms with Crippen molar-refractivity contribution in [3.63, 3.8) is 0 Å². The van der Waals surface area contributed by atoms with Gasteiger partial charge in [-0.2, -0.15) is 0 Å². The van der Waals surface area contributed by atoms with Crippen molar-refractivity contribution >= 4 is 17.1 Å². The maximum absolute atomic E-state index is 14.4. The monoisotopic (exact) mass is 272 g/mol. The summed E-state index contributed by atoms with van der Waals surface area (Å²) in [7, 11) is 0. The van der Waals surface area contributed by atoms with Gasteiger partial charge in [0, 0.05) is 11.1 Å². The Bertz CT molecular complexity index is 643. The minimum absolute atomic E-state index is 0.124. The second-order valence-electron chi connectivity index (χ2n) is 5.96. The molecule has 0 bridgehead atoms. The zero-order valence-corrected chi connectivity index (χ0v) is 12.1. The zero-order chi connectivity index (χ0) is 15.1. The Balaban J connectivity index is 2.63. The minimum Gasteiger partial charge on any atom is -0.289 e. The molecule has 0 saturated heterocycles. The van der Waals surface area contributed by atoms with Crippen molar-refractivity contribution in [2.75, 3.05) is 0 Å². The molecular weight excluding hydrogens is 255 g/mol. The lowest BCUT2D eigenvalue weighted by molar-refractivity contribution is -0.117. The highest BCUT2D eigenvalue weighted by Crippen LogP contribution is 2.39. The Morgan fingerprint density at radius 2 is 1.50 bits per heavy atom. The summed E-state index contributed by atoms with van der Waals surface area (Å²) < 4.78 is 14.4. The Kier molecular flexibility index (Phi) is 3.46. The van der Waals surface area contributed by atoms with Crippen LogP contribution in [0.2, 0.25) is 0 Å². The standard InChI is InChI=1S/C17H17FO2/c1-10-13(17(2,3)4)16(20)14(18)12(15(10)19)11-8-6-5-7-9-11/h5-9H,1-4H3. The van der Waals surface area contributed by atoms with Gasteiger partial charge in [0.15, 0.2) is 11.6 Å². The molecule has 0 spiro atoms. The molecule has 1 aromatic carbocycles. The van der Waals surface area contributed by atoms with Crippen molar-refractivity contribution in [1.29, 1.82) is 0 Å². The van der Waals surface area contributed by atoms with Crippen LogP contribution in [0.15, 0.2) is 47.3 Å². The highest BCUT2D eigenvalue weighted by atomic mass is 19.1. The lowest BCUT2D eigenvalue weighted by atomic mass is 9.75. The minimum atomic E-state index is -0.947. The third-order valence-electron chi connectivity index (χ3n) is 3.40. The lowest BCUT2D eigenvalue weighted by Crippen LogP contribution is -2.28. The SMILES string of the molecule is CC1=C(C(C)(C)C)C(=O)C(F)=C(c2ccccc2)C1=O. The first-order chi connectivity index (χ1) is 9.25. The third-order valence-corrected chi connectivity index (χ3v) is 3.40. The van der Waals surface area contributed by atoms with E-state index in [1.165, 1.54) is 0 Å². The molecule has 3 heteroatoms. The topological polar surface area (TPSA) is 34.1 Å². The number of allylic oxidation sites excluding steroid dienone is 4. The van der Waals surface area contributed by atoms with Gasteiger partial charge in [0.1, 0.15) is 0 Å². The second-order valence-corrected chi connectivity index (χ2v) is 5.96. The molecule has 2 nitrogen and oxygen atoms in total. The summed E-state index contributed by atoms with van der Waals surface area (Å²) in [6, 6.07) is 8.47. The molecule has 1 aliphatic carbocycles. The highest BCUT2D eigenvalue weighted by Gasteiger charge is 2.38. The van der Waals surface area contributed by atoms with E-state index in [4.69, 9.17) is 0 Å². The van der Waals surface area contributed by atoms with E-state index in [1.807, 2.05) is 0 Å². The van der Waals surface area contributed by atoms with Crippen LogP contribution in [0.4, 0.5) is 4.39 Å². The first kappa shape index (κ1) is 14.4. The first-order valence-electron chi connectivity index (χ1n) is 6.51. The van der Waals surface area contributed by atoms with E-state index < -0.39 is 22.8 Å². The Hall–Kier alpha value is -2.03. The van der Waals surface area contributed by atoms with Crippen LogP contribution in [0.3, 0.4) is 0 Å². The van der Waals surface area contributed by atoms with Crippen LogP contribution in [0, 0.1) is 5.41 Å². The summed E-state index contributed by atoms with van der Waals surface area (Å²) in [6.07, 6.45) is 0. The number of ketones is 2. The number of hydrogen-bond acceptors (Lipinski definition) is 2. The number of Topliss-reactive ketones (excluding diaryl/α,β-unsaturated/α-hetero) is 2. The molecule has 0 atom stereocenters. The van der Waals surface area contributed by atoms with E-state index in [-0.39, 0.29) is 11.1 Å². The number of halogens is 1. The molecule has 0 amide bonds. The molecule has 0 saturated carbocycles. The van der Waals surface area contributed by atoms with Crippen LogP contribution in [0.25, 0.3) is 5.57 Å². The summed E-state index contributed by atoms with van der Waals surface area (Å²) in [5.74, 6) is -2.02. The lowest BCUT2D eigenvalue weighted by Gasteiger charge is -2.27. The quantitative estimate of drug-likeness (QED) is 0.727. The van der Waals surface area contributed by atoms with E-state index in [2.05, 4.69) is 0 Å². The van der Waals surface area contributed by atoms with Crippen LogP contribution in [-0.2, 0) is 9.59 Å². The number of carbonyl (C=O) groups is 2. The molecule has 0 N–H and O–H groups in total. The van der Waals surface area contributed by atoms with Crippen LogP contribution in [0.1, 0.15) is 33.3 Å². The molecule has 0 fully saturated rings. The Morgan fingerprint density at radius 3 is 2.00 bits per heavy atom. The largest absolute Gasteiger partial charge is 0.289 e. The van der Waals surface area contributed by atoms with E-state index in [1.54, 1.807) is 58.0 Å².